The van der Waals surface area contributed by atoms with Gasteiger partial charge in [-0.05, 0) is 6.42 Å². The SMILES string of the molecule is CN(CCC#N)C(=O)N[C@@H](CCC(=O)O)C(=O)O. The molecule has 100 valence electrons. The predicted octanol–water partition coefficient (Wildman–Crippen LogP) is -0.141. The molecule has 0 heterocycles. The summed E-state index contributed by atoms with van der Waals surface area (Å²) >= 11 is 0. The number of nitrogens with one attached hydrogen (secondary N) is 1. The van der Waals surface area contributed by atoms with Crippen molar-refractivity contribution in [3.05, 3.63) is 0 Å². The average Bonchev–Trinajstić information content (AvgIpc) is 2.30. The largest absolute Gasteiger partial charge is 0.481 e. The van der Waals surface area contributed by atoms with Crippen LogP contribution in [-0.2, 0) is 9.59 Å². The molecule has 0 aliphatic rings. The first kappa shape index (κ1) is 15.7. The van der Waals surface area contributed by atoms with Crippen molar-refractivity contribution < 1.29 is 24.6 Å². The van der Waals surface area contributed by atoms with Gasteiger partial charge in [0.25, 0.3) is 0 Å². The second kappa shape index (κ2) is 7.89. The summed E-state index contributed by atoms with van der Waals surface area (Å²) in [6.07, 6.45) is -0.404. The van der Waals surface area contributed by atoms with E-state index in [4.69, 9.17) is 15.5 Å². The number of nitrogens with zero attached hydrogens (tertiary/aromatic N) is 2. The Morgan fingerprint density at radius 3 is 2.44 bits per heavy atom. The van der Waals surface area contributed by atoms with Gasteiger partial charge in [-0.3, -0.25) is 4.79 Å². The lowest BCUT2D eigenvalue weighted by molar-refractivity contribution is -0.140. The van der Waals surface area contributed by atoms with Crippen molar-refractivity contribution in [3.8, 4) is 6.07 Å². The summed E-state index contributed by atoms with van der Waals surface area (Å²) < 4.78 is 0. The fourth-order valence-electron chi connectivity index (χ4n) is 1.10. The number of urea groups is 1. The molecular formula is C10H15N3O5. The molecule has 3 N–H and O–H groups in total. The van der Waals surface area contributed by atoms with Gasteiger partial charge < -0.3 is 20.4 Å². The van der Waals surface area contributed by atoms with Crippen LogP contribution in [0.2, 0.25) is 0 Å². The van der Waals surface area contributed by atoms with Crippen LogP contribution in [0, 0.1) is 11.3 Å². The van der Waals surface area contributed by atoms with Crippen molar-refractivity contribution >= 4 is 18.0 Å². The first-order valence-corrected chi connectivity index (χ1v) is 5.21. The number of hydrogen-bond donors (Lipinski definition) is 3. The maximum absolute atomic E-state index is 11.5. The second-order valence-corrected chi connectivity index (χ2v) is 3.60. The van der Waals surface area contributed by atoms with E-state index in [0.717, 1.165) is 0 Å². The van der Waals surface area contributed by atoms with Crippen molar-refractivity contribution in [3.63, 3.8) is 0 Å². The molecule has 0 saturated carbocycles. The number of amides is 2. The van der Waals surface area contributed by atoms with Crippen LogP contribution in [0.5, 0.6) is 0 Å². The van der Waals surface area contributed by atoms with Gasteiger partial charge in [0, 0.05) is 20.0 Å². The summed E-state index contributed by atoms with van der Waals surface area (Å²) in [6.45, 7) is 0.174. The Bertz CT molecular complexity index is 363. The lowest BCUT2D eigenvalue weighted by Gasteiger charge is -2.20. The average molecular weight is 257 g/mol. The summed E-state index contributed by atoms with van der Waals surface area (Å²) in [7, 11) is 1.42. The zero-order chi connectivity index (χ0) is 14.1. The van der Waals surface area contributed by atoms with E-state index in [-0.39, 0.29) is 25.8 Å². The third kappa shape index (κ3) is 6.32. The highest BCUT2D eigenvalue weighted by molar-refractivity contribution is 5.82. The molecule has 0 fully saturated rings. The third-order valence-corrected chi connectivity index (χ3v) is 2.15. The van der Waals surface area contributed by atoms with Crippen LogP contribution < -0.4 is 5.32 Å². The quantitative estimate of drug-likeness (QED) is 0.581. The maximum Gasteiger partial charge on any atom is 0.326 e. The molecule has 2 amide bonds. The van der Waals surface area contributed by atoms with E-state index in [1.807, 2.05) is 6.07 Å². The van der Waals surface area contributed by atoms with Crippen molar-refractivity contribution in [1.82, 2.24) is 10.2 Å². The highest BCUT2D eigenvalue weighted by Crippen LogP contribution is 1.99. The molecule has 0 radical (unpaired) electrons. The topological polar surface area (TPSA) is 131 Å². The molecule has 0 aromatic carbocycles. The molecule has 0 rings (SSSR count). The van der Waals surface area contributed by atoms with Gasteiger partial charge in [0.05, 0.1) is 12.5 Å². The van der Waals surface area contributed by atoms with Crippen molar-refractivity contribution in [2.45, 2.75) is 25.3 Å². The smallest absolute Gasteiger partial charge is 0.326 e. The summed E-state index contributed by atoms with van der Waals surface area (Å²) in [5.41, 5.74) is 0. The van der Waals surface area contributed by atoms with E-state index < -0.39 is 24.0 Å². The van der Waals surface area contributed by atoms with E-state index in [1.54, 1.807) is 0 Å². The van der Waals surface area contributed by atoms with E-state index in [9.17, 15) is 14.4 Å². The highest BCUT2D eigenvalue weighted by atomic mass is 16.4. The Balaban J connectivity index is 4.31. The van der Waals surface area contributed by atoms with Crippen LogP contribution in [0.1, 0.15) is 19.3 Å². The molecule has 0 bridgehead atoms. The molecule has 0 aliphatic heterocycles. The lowest BCUT2D eigenvalue weighted by atomic mass is 10.1. The lowest BCUT2D eigenvalue weighted by Crippen LogP contribution is -2.47. The fraction of sp³-hybridized carbons (Fsp3) is 0.600. The van der Waals surface area contributed by atoms with Gasteiger partial charge in [0.1, 0.15) is 6.04 Å². The van der Waals surface area contributed by atoms with Crippen LogP contribution >= 0.6 is 0 Å². The van der Waals surface area contributed by atoms with E-state index in [2.05, 4.69) is 5.32 Å². The Labute approximate surface area is 104 Å². The first-order chi connectivity index (χ1) is 8.38. The molecule has 0 spiro atoms. The van der Waals surface area contributed by atoms with Gasteiger partial charge in [-0.25, -0.2) is 9.59 Å². The minimum atomic E-state index is -1.29. The number of carboxylic acid groups (broad SMARTS) is 2. The van der Waals surface area contributed by atoms with Crippen molar-refractivity contribution in [1.29, 1.82) is 5.26 Å². The molecule has 0 unspecified atom stereocenters. The number of hydrogen-bond acceptors (Lipinski definition) is 4. The van der Waals surface area contributed by atoms with Gasteiger partial charge in [0.15, 0.2) is 0 Å². The van der Waals surface area contributed by atoms with Gasteiger partial charge >= 0.3 is 18.0 Å². The van der Waals surface area contributed by atoms with Crippen LogP contribution in [0.25, 0.3) is 0 Å². The van der Waals surface area contributed by atoms with Crippen molar-refractivity contribution in [2.24, 2.45) is 0 Å². The van der Waals surface area contributed by atoms with Crippen LogP contribution in [0.15, 0.2) is 0 Å². The molecular weight excluding hydrogens is 242 g/mol. The Hall–Kier alpha value is -2.30. The number of aliphatic carboxylic acids is 2. The van der Waals surface area contributed by atoms with Crippen molar-refractivity contribution in [2.75, 3.05) is 13.6 Å². The fourth-order valence-corrected chi connectivity index (χ4v) is 1.10. The molecule has 0 aliphatic carbocycles. The van der Waals surface area contributed by atoms with Gasteiger partial charge in [-0.1, -0.05) is 0 Å². The summed E-state index contributed by atoms with van der Waals surface area (Å²) in [5.74, 6) is -2.42. The monoisotopic (exact) mass is 257 g/mol. The summed E-state index contributed by atoms with van der Waals surface area (Å²) in [6, 6.07) is -0.0477. The zero-order valence-electron chi connectivity index (χ0n) is 9.92. The standard InChI is InChI=1S/C10H15N3O5/c1-13(6-2-5-11)10(18)12-7(9(16)17)3-4-8(14)15/h7H,2-4,6H2,1H3,(H,12,18)(H,14,15)(H,16,17)/t7-/m0/s1. The third-order valence-electron chi connectivity index (χ3n) is 2.15. The Morgan fingerprint density at radius 2 is 2.00 bits per heavy atom. The molecule has 8 heteroatoms. The molecule has 0 aromatic heterocycles. The summed E-state index contributed by atoms with van der Waals surface area (Å²) in [5, 5.41) is 27.8. The zero-order valence-corrected chi connectivity index (χ0v) is 9.92. The highest BCUT2D eigenvalue weighted by Gasteiger charge is 2.22. The van der Waals surface area contributed by atoms with Gasteiger partial charge in [0.2, 0.25) is 0 Å². The normalized spacial score (nSPS) is 11.1. The van der Waals surface area contributed by atoms with E-state index in [1.165, 1.54) is 11.9 Å². The Morgan fingerprint density at radius 1 is 1.39 bits per heavy atom. The molecule has 18 heavy (non-hydrogen) atoms. The van der Waals surface area contributed by atoms with Gasteiger partial charge in [-0.15, -0.1) is 0 Å². The molecule has 0 saturated heterocycles. The number of carbonyl (C=O) groups excluding carboxylic acids is 1. The Kier molecular flexibility index (Phi) is 6.88. The van der Waals surface area contributed by atoms with Crippen LogP contribution in [0.4, 0.5) is 4.79 Å². The number of rotatable bonds is 7. The molecule has 8 nitrogen and oxygen atoms in total. The van der Waals surface area contributed by atoms with Gasteiger partial charge in [-0.2, -0.15) is 5.26 Å². The predicted molar refractivity (Wildman–Crippen MR) is 59.7 cm³/mol. The molecule has 1 atom stereocenters. The molecule has 0 aromatic rings. The van der Waals surface area contributed by atoms with Crippen LogP contribution in [-0.4, -0.2) is 52.7 Å². The minimum Gasteiger partial charge on any atom is -0.481 e. The van der Waals surface area contributed by atoms with E-state index >= 15 is 0 Å². The number of carbonyl (C=O) groups is 3. The number of nitriles is 1. The number of carboxylic acids is 2. The second-order valence-electron chi connectivity index (χ2n) is 3.60. The maximum atomic E-state index is 11.5. The van der Waals surface area contributed by atoms with E-state index in [0.29, 0.717) is 0 Å². The first-order valence-electron chi connectivity index (χ1n) is 5.21. The van der Waals surface area contributed by atoms with Crippen LogP contribution in [0.3, 0.4) is 0 Å². The minimum absolute atomic E-state index is 0.136. The summed E-state index contributed by atoms with van der Waals surface area (Å²) in [4.78, 5) is 33.8.